The number of halogens is 1. The number of anilines is 1. The molecule has 1 N–H and O–H groups in total. The summed E-state index contributed by atoms with van der Waals surface area (Å²) in [5.41, 5.74) is 1.97. The maximum Gasteiger partial charge on any atom is 0.299 e. The van der Waals surface area contributed by atoms with E-state index >= 15 is 0 Å². The molecule has 0 radical (unpaired) electrons. The number of ether oxygens (including phenoxy) is 1. The van der Waals surface area contributed by atoms with Gasteiger partial charge in [-0.3, -0.25) is 9.59 Å². The Labute approximate surface area is 120 Å². The highest BCUT2D eigenvalue weighted by Gasteiger charge is 2.06. The first-order chi connectivity index (χ1) is 9.72. The summed E-state index contributed by atoms with van der Waals surface area (Å²) >= 11 is 5.68. The lowest BCUT2D eigenvalue weighted by Crippen LogP contribution is -2.12. The van der Waals surface area contributed by atoms with E-state index in [9.17, 15) is 9.59 Å². The Balaban J connectivity index is 2.04. The first kappa shape index (κ1) is 14.0. The third-order valence-electron chi connectivity index (χ3n) is 2.53. The van der Waals surface area contributed by atoms with Crippen LogP contribution in [0.1, 0.15) is 15.9 Å². The van der Waals surface area contributed by atoms with Crippen LogP contribution in [-0.2, 0) is 10.7 Å². The van der Waals surface area contributed by atoms with Crippen LogP contribution in [0, 0.1) is 0 Å². The number of carbonyl (C=O) groups is 2. The molecule has 0 aliphatic rings. The third kappa shape index (κ3) is 3.55. The minimum atomic E-state index is -0.253. The van der Waals surface area contributed by atoms with Gasteiger partial charge in [-0.15, -0.1) is 11.6 Å². The molecule has 2 rings (SSSR count). The molecule has 0 saturated heterocycles. The maximum absolute atomic E-state index is 12.0. The Morgan fingerprint density at radius 2 is 2.00 bits per heavy atom. The quantitative estimate of drug-likeness (QED) is 0.679. The van der Waals surface area contributed by atoms with Crippen LogP contribution in [-0.4, -0.2) is 17.4 Å². The number of benzene rings is 1. The third-order valence-corrected chi connectivity index (χ3v) is 2.84. The fourth-order valence-electron chi connectivity index (χ4n) is 1.52. The van der Waals surface area contributed by atoms with Gasteiger partial charge >= 0.3 is 0 Å². The van der Waals surface area contributed by atoms with Crippen LogP contribution in [0.2, 0.25) is 0 Å². The van der Waals surface area contributed by atoms with Gasteiger partial charge in [0.2, 0.25) is 5.88 Å². The van der Waals surface area contributed by atoms with E-state index in [1.54, 1.807) is 30.3 Å². The second kappa shape index (κ2) is 6.68. The van der Waals surface area contributed by atoms with Crippen LogP contribution in [0.4, 0.5) is 5.69 Å². The van der Waals surface area contributed by atoms with E-state index in [-0.39, 0.29) is 11.8 Å². The summed E-state index contributed by atoms with van der Waals surface area (Å²) in [5.74, 6) is 0.325. The van der Waals surface area contributed by atoms with Gasteiger partial charge in [0.05, 0.1) is 11.9 Å². The van der Waals surface area contributed by atoms with Gasteiger partial charge in [0.15, 0.2) is 0 Å². The summed E-state index contributed by atoms with van der Waals surface area (Å²) in [7, 11) is 0. The predicted octanol–water partition coefficient (Wildman–Crippen LogP) is 2.61. The van der Waals surface area contributed by atoms with Crippen LogP contribution in [0.3, 0.4) is 0 Å². The van der Waals surface area contributed by atoms with Crippen LogP contribution in [0.25, 0.3) is 0 Å². The number of rotatable bonds is 5. The molecule has 1 amide bonds. The van der Waals surface area contributed by atoms with Crippen molar-refractivity contribution in [1.82, 2.24) is 4.98 Å². The summed E-state index contributed by atoms with van der Waals surface area (Å²) in [6.45, 7) is 0.291. The number of alkyl halides is 1. The van der Waals surface area contributed by atoms with Crippen molar-refractivity contribution in [3.63, 3.8) is 0 Å². The van der Waals surface area contributed by atoms with Gasteiger partial charge in [-0.25, -0.2) is 4.98 Å². The molecule has 0 saturated carbocycles. The Morgan fingerprint density at radius 1 is 1.25 bits per heavy atom. The highest BCUT2D eigenvalue weighted by atomic mass is 35.5. The van der Waals surface area contributed by atoms with Crippen molar-refractivity contribution >= 4 is 29.7 Å². The number of carbonyl (C=O) groups excluding carboxylic acids is 2. The molecule has 0 fully saturated rings. The van der Waals surface area contributed by atoms with Crippen molar-refractivity contribution < 1.29 is 14.3 Å². The van der Waals surface area contributed by atoms with Gasteiger partial charge in [-0.1, -0.05) is 12.1 Å². The second-order valence-electron chi connectivity index (χ2n) is 3.88. The zero-order valence-electron chi connectivity index (χ0n) is 10.4. The normalized spacial score (nSPS) is 9.85. The molecule has 20 heavy (non-hydrogen) atoms. The molecular weight excluding hydrogens is 280 g/mol. The molecule has 5 nitrogen and oxygen atoms in total. The van der Waals surface area contributed by atoms with E-state index in [0.29, 0.717) is 23.6 Å². The summed E-state index contributed by atoms with van der Waals surface area (Å²) in [6, 6.07) is 10.1. The van der Waals surface area contributed by atoms with Gasteiger partial charge < -0.3 is 10.1 Å². The number of nitrogens with zero attached hydrogens (tertiary/aromatic N) is 1. The number of amides is 1. The van der Waals surface area contributed by atoms with Gasteiger partial charge in [0.25, 0.3) is 12.4 Å². The van der Waals surface area contributed by atoms with E-state index in [1.807, 2.05) is 0 Å². The molecule has 0 atom stereocenters. The molecule has 0 unspecified atom stereocenters. The molecule has 1 aromatic heterocycles. The fraction of sp³-hybridized carbons (Fsp3) is 0.0714. The molecule has 6 heteroatoms. The van der Waals surface area contributed by atoms with Crippen LogP contribution >= 0.6 is 11.6 Å². The summed E-state index contributed by atoms with van der Waals surface area (Å²) in [4.78, 5) is 26.0. The predicted molar refractivity (Wildman–Crippen MR) is 74.9 cm³/mol. The number of pyridine rings is 1. The number of aromatic nitrogens is 1. The van der Waals surface area contributed by atoms with Crippen molar-refractivity contribution in [2.24, 2.45) is 0 Å². The lowest BCUT2D eigenvalue weighted by atomic mass is 10.1. The van der Waals surface area contributed by atoms with Gasteiger partial charge in [0.1, 0.15) is 0 Å². The SMILES string of the molecule is O=COc1ccc(NC(=O)c2ccc(CCl)cc2)cn1. The highest BCUT2D eigenvalue weighted by molar-refractivity contribution is 6.17. The Morgan fingerprint density at radius 3 is 2.55 bits per heavy atom. The zero-order chi connectivity index (χ0) is 14.4. The van der Waals surface area contributed by atoms with E-state index in [4.69, 9.17) is 11.6 Å². The first-order valence-electron chi connectivity index (χ1n) is 5.75. The van der Waals surface area contributed by atoms with E-state index in [2.05, 4.69) is 15.0 Å². The monoisotopic (exact) mass is 290 g/mol. The molecule has 102 valence electrons. The van der Waals surface area contributed by atoms with Gasteiger partial charge in [0, 0.05) is 17.5 Å². The minimum absolute atomic E-state index is 0.171. The molecule has 1 heterocycles. The average Bonchev–Trinajstić information content (AvgIpc) is 2.49. The largest absolute Gasteiger partial charge is 0.410 e. The summed E-state index contributed by atoms with van der Waals surface area (Å²) in [5, 5.41) is 2.69. The highest BCUT2D eigenvalue weighted by Crippen LogP contribution is 2.13. The molecule has 0 bridgehead atoms. The summed E-state index contributed by atoms with van der Waals surface area (Å²) < 4.78 is 4.56. The Hall–Kier alpha value is -2.40. The first-order valence-corrected chi connectivity index (χ1v) is 6.29. The minimum Gasteiger partial charge on any atom is -0.410 e. The fourth-order valence-corrected chi connectivity index (χ4v) is 1.70. The molecule has 1 aromatic carbocycles. The van der Waals surface area contributed by atoms with Crippen molar-refractivity contribution in [3.8, 4) is 5.88 Å². The molecule has 0 spiro atoms. The van der Waals surface area contributed by atoms with Crippen molar-refractivity contribution in [2.75, 3.05) is 5.32 Å². The van der Waals surface area contributed by atoms with Crippen LogP contribution in [0.5, 0.6) is 5.88 Å². The number of hydrogen-bond donors (Lipinski definition) is 1. The van der Waals surface area contributed by atoms with Crippen molar-refractivity contribution in [3.05, 3.63) is 53.7 Å². The van der Waals surface area contributed by atoms with Crippen molar-refractivity contribution in [2.45, 2.75) is 5.88 Å². The van der Waals surface area contributed by atoms with Crippen molar-refractivity contribution in [1.29, 1.82) is 0 Å². The molecular formula is C14H11ClN2O3. The van der Waals surface area contributed by atoms with Crippen LogP contribution < -0.4 is 10.1 Å². The lowest BCUT2D eigenvalue weighted by Gasteiger charge is -2.05. The standard InChI is InChI=1S/C14H11ClN2O3/c15-7-10-1-3-11(4-2-10)14(19)17-12-5-6-13(16-8-12)20-9-18/h1-6,8-9H,7H2,(H,17,19). The molecule has 0 aliphatic carbocycles. The van der Waals surface area contributed by atoms with E-state index in [0.717, 1.165) is 5.56 Å². The molecule has 0 aliphatic heterocycles. The summed E-state index contributed by atoms with van der Waals surface area (Å²) in [6.07, 6.45) is 1.41. The zero-order valence-corrected chi connectivity index (χ0v) is 11.1. The Bertz CT molecular complexity index is 597. The van der Waals surface area contributed by atoms with Gasteiger partial charge in [-0.2, -0.15) is 0 Å². The maximum atomic E-state index is 12.0. The molecule has 2 aromatic rings. The van der Waals surface area contributed by atoms with E-state index in [1.165, 1.54) is 12.3 Å². The lowest BCUT2D eigenvalue weighted by molar-refractivity contribution is -0.120. The topological polar surface area (TPSA) is 68.3 Å². The number of hydrogen-bond acceptors (Lipinski definition) is 4. The smallest absolute Gasteiger partial charge is 0.299 e. The average molecular weight is 291 g/mol. The second-order valence-corrected chi connectivity index (χ2v) is 4.15. The van der Waals surface area contributed by atoms with Gasteiger partial charge in [-0.05, 0) is 23.8 Å². The number of nitrogens with one attached hydrogen (secondary N) is 1. The van der Waals surface area contributed by atoms with E-state index < -0.39 is 0 Å². The Kier molecular flexibility index (Phi) is 4.68. The van der Waals surface area contributed by atoms with Crippen LogP contribution in [0.15, 0.2) is 42.6 Å².